The molecule has 0 saturated carbocycles. The number of carbonyl (C=O) groups excluding carboxylic acids is 1. The summed E-state index contributed by atoms with van der Waals surface area (Å²) in [5.41, 5.74) is -3.64. The van der Waals surface area contributed by atoms with Crippen molar-refractivity contribution in [3.63, 3.8) is 0 Å². The number of aromatic hydroxyl groups is 1. The fourth-order valence-electron chi connectivity index (χ4n) is 4.19. The maximum atomic E-state index is 14.5. The number of Topliss-reactive ketones (excluding diaryl/α,β-unsaturated/α-hetero) is 1. The Bertz CT molecular complexity index is 1790. The van der Waals surface area contributed by atoms with E-state index in [1.54, 1.807) is 36.4 Å². The Morgan fingerprint density at radius 1 is 0.775 bits per heavy atom. The molecule has 40 heavy (non-hydrogen) atoms. The molecule has 5 N–H and O–H groups in total. The second kappa shape index (κ2) is 11.5. The zero-order valence-electron chi connectivity index (χ0n) is 19.5. The van der Waals surface area contributed by atoms with Gasteiger partial charge in [-0.2, -0.15) is 30.7 Å². The quantitative estimate of drug-likeness (QED) is 0.196. The minimum atomic E-state index is -6.82. The standard InChI is InChI=1S/C25H12F7NO3S.Eu.2H2O/c26-23(27,24(28,29)25(30,31)32)21(35)19-20(34)18-14(33(22(19)36)12-6-2-1-3-7-12)10-11-16-17(18)13-8-4-5-9-15(13)37-16;;;/h1-11,34H;;2*1H2. The van der Waals surface area contributed by atoms with Gasteiger partial charge >= 0.3 is 18.0 Å². The average Bonchev–Trinajstić information content (AvgIpc) is 3.22. The van der Waals surface area contributed by atoms with E-state index in [2.05, 4.69) is 0 Å². The molecule has 5 aromatic rings. The Balaban J connectivity index is 0.00000187. The Morgan fingerprint density at radius 2 is 1.35 bits per heavy atom. The van der Waals surface area contributed by atoms with Crippen molar-refractivity contribution in [2.75, 3.05) is 0 Å². The molecule has 5 rings (SSSR count). The SMILES string of the molecule is O.O.O=C(c1c(O)c2c3c(ccc2n(-c2ccccc2)c1=O)sc1ccccc13)C(F)(F)C(F)(F)C(F)(F)F.[Eu]. The van der Waals surface area contributed by atoms with Crippen LogP contribution >= 0.6 is 11.3 Å². The van der Waals surface area contributed by atoms with Crippen molar-refractivity contribution in [1.82, 2.24) is 4.57 Å². The maximum Gasteiger partial charge on any atom is 0.460 e. The Kier molecular flexibility index (Phi) is 9.67. The minimum absolute atomic E-state index is 0. The number of para-hydroxylation sites is 1. The number of pyridine rings is 1. The van der Waals surface area contributed by atoms with Crippen LogP contribution in [0.4, 0.5) is 30.7 Å². The van der Waals surface area contributed by atoms with E-state index in [9.17, 15) is 45.4 Å². The summed E-state index contributed by atoms with van der Waals surface area (Å²) in [6, 6.07) is 16.7. The van der Waals surface area contributed by atoms with Crippen LogP contribution in [0.1, 0.15) is 10.4 Å². The number of thiophene rings is 1. The molecule has 0 aliphatic carbocycles. The fraction of sp³-hybridized carbons (Fsp3) is 0.120. The van der Waals surface area contributed by atoms with Gasteiger partial charge in [-0.15, -0.1) is 11.3 Å². The molecule has 0 unspecified atom stereocenters. The first kappa shape index (κ1) is 33.8. The smallest absolute Gasteiger partial charge is 0.460 e. The van der Waals surface area contributed by atoms with E-state index >= 15 is 0 Å². The number of hydrogen-bond acceptors (Lipinski definition) is 4. The van der Waals surface area contributed by atoms with Crippen LogP contribution in [0.5, 0.6) is 5.75 Å². The summed E-state index contributed by atoms with van der Waals surface area (Å²) in [6.45, 7) is 0. The van der Waals surface area contributed by atoms with Crippen molar-refractivity contribution in [2.24, 2.45) is 0 Å². The van der Waals surface area contributed by atoms with Gasteiger partial charge in [-0.1, -0.05) is 36.4 Å². The molecule has 0 fully saturated rings. The second-order valence-electron chi connectivity index (χ2n) is 8.11. The topological polar surface area (TPSA) is 122 Å². The maximum absolute atomic E-state index is 14.5. The first-order chi connectivity index (χ1) is 17.3. The molecule has 0 atom stereocenters. The Hall–Kier alpha value is -2.43. The zero-order chi connectivity index (χ0) is 26.9. The summed E-state index contributed by atoms with van der Waals surface area (Å²) in [4.78, 5) is 26.0. The van der Waals surface area contributed by atoms with E-state index in [0.717, 1.165) is 4.57 Å². The summed E-state index contributed by atoms with van der Waals surface area (Å²) < 4.78 is 96.9. The summed E-state index contributed by atoms with van der Waals surface area (Å²) in [7, 11) is 0. The molecule has 0 aliphatic heterocycles. The Morgan fingerprint density at radius 3 is 1.95 bits per heavy atom. The van der Waals surface area contributed by atoms with Gasteiger partial charge < -0.3 is 16.1 Å². The first-order valence-corrected chi connectivity index (χ1v) is 11.2. The summed E-state index contributed by atoms with van der Waals surface area (Å²) in [5.74, 6) is -17.8. The average molecular weight is 727 g/mol. The largest absolute Gasteiger partial charge is 0.506 e. The van der Waals surface area contributed by atoms with Crippen LogP contribution in [0.15, 0.2) is 71.5 Å². The van der Waals surface area contributed by atoms with Crippen LogP contribution in [-0.2, 0) is 0 Å². The van der Waals surface area contributed by atoms with E-state index in [1.807, 2.05) is 0 Å². The van der Waals surface area contributed by atoms with E-state index in [1.165, 1.54) is 41.7 Å². The van der Waals surface area contributed by atoms with Crippen molar-refractivity contribution < 1.29 is 101 Å². The number of aromatic nitrogens is 1. The van der Waals surface area contributed by atoms with Crippen LogP contribution in [0.2, 0.25) is 0 Å². The van der Waals surface area contributed by atoms with Crippen molar-refractivity contribution >= 4 is 48.2 Å². The van der Waals surface area contributed by atoms with Gasteiger partial charge in [-0.05, 0) is 30.3 Å². The predicted molar refractivity (Wildman–Crippen MR) is 132 cm³/mol. The van der Waals surface area contributed by atoms with E-state index in [4.69, 9.17) is 0 Å². The molecule has 213 valence electrons. The third-order valence-electron chi connectivity index (χ3n) is 5.93. The van der Waals surface area contributed by atoms with E-state index in [-0.39, 0.29) is 82.3 Å². The van der Waals surface area contributed by atoms with Crippen molar-refractivity contribution in [2.45, 2.75) is 18.0 Å². The van der Waals surface area contributed by atoms with Gasteiger partial charge in [0.25, 0.3) is 5.56 Å². The van der Waals surface area contributed by atoms with Gasteiger partial charge in [-0.3, -0.25) is 14.2 Å². The van der Waals surface area contributed by atoms with Gasteiger partial charge in [0.05, 0.1) is 10.9 Å². The number of nitrogens with zero attached hydrogens (tertiary/aromatic N) is 1. The van der Waals surface area contributed by atoms with Crippen LogP contribution < -0.4 is 5.56 Å². The third kappa shape index (κ3) is 4.86. The number of ketones is 1. The van der Waals surface area contributed by atoms with Crippen molar-refractivity contribution in [3.05, 3.63) is 82.6 Å². The van der Waals surface area contributed by atoms with Gasteiger partial charge in [0.1, 0.15) is 11.3 Å². The number of halogens is 7. The van der Waals surface area contributed by atoms with Gasteiger partial charge in [0.15, 0.2) is 0 Å². The predicted octanol–water partition coefficient (Wildman–Crippen LogP) is 5.43. The molecule has 15 heteroatoms. The van der Waals surface area contributed by atoms with Crippen LogP contribution in [-0.4, -0.2) is 44.4 Å². The van der Waals surface area contributed by atoms with E-state index in [0.29, 0.717) is 14.8 Å². The number of rotatable bonds is 4. The zero-order valence-corrected chi connectivity index (χ0v) is 22.7. The fourth-order valence-corrected chi connectivity index (χ4v) is 5.31. The summed E-state index contributed by atoms with van der Waals surface area (Å²) in [6.07, 6.45) is -6.81. The molecule has 6 nitrogen and oxygen atoms in total. The van der Waals surface area contributed by atoms with Crippen LogP contribution in [0, 0.1) is 49.4 Å². The number of carbonyl (C=O) groups is 1. The molecule has 0 bridgehead atoms. The van der Waals surface area contributed by atoms with Crippen LogP contribution in [0.3, 0.4) is 0 Å². The summed E-state index contributed by atoms with van der Waals surface area (Å²) >= 11 is 1.22. The second-order valence-corrected chi connectivity index (χ2v) is 9.19. The normalized spacial score (nSPS) is 12.1. The van der Waals surface area contributed by atoms with Crippen molar-refractivity contribution in [3.8, 4) is 11.4 Å². The number of hydrogen-bond donors (Lipinski definition) is 1. The summed E-state index contributed by atoms with van der Waals surface area (Å²) in [5, 5.41) is 11.4. The molecule has 1 radical (unpaired) electrons. The molecule has 2 heterocycles. The molecule has 2 aromatic heterocycles. The van der Waals surface area contributed by atoms with Crippen LogP contribution in [0.25, 0.3) is 36.8 Å². The monoisotopic (exact) mass is 728 g/mol. The number of benzene rings is 3. The van der Waals surface area contributed by atoms with Crippen molar-refractivity contribution in [1.29, 1.82) is 0 Å². The molecule has 0 spiro atoms. The van der Waals surface area contributed by atoms with Gasteiger partial charge in [-0.25, -0.2) is 0 Å². The third-order valence-corrected chi connectivity index (χ3v) is 7.07. The molecule has 3 aromatic carbocycles. The Labute approximate surface area is 263 Å². The number of alkyl halides is 7. The van der Waals surface area contributed by atoms with E-state index < -0.39 is 40.7 Å². The first-order valence-electron chi connectivity index (χ1n) is 10.4. The molecular formula is C25H16EuF7NO5S. The molecule has 0 amide bonds. The van der Waals surface area contributed by atoms with Gasteiger partial charge in [0, 0.05) is 75.2 Å². The number of fused-ring (bicyclic) bond motifs is 5. The van der Waals surface area contributed by atoms with Gasteiger partial charge in [0.2, 0.25) is 5.78 Å². The molecule has 0 saturated heterocycles. The minimum Gasteiger partial charge on any atom is -0.506 e. The molecule has 0 aliphatic rings. The molecular weight excluding hydrogens is 711 g/mol.